The lowest BCUT2D eigenvalue weighted by Crippen LogP contribution is -2.04. The molecule has 0 spiro atoms. The molecule has 1 saturated carbocycles. The van der Waals surface area contributed by atoms with Crippen LogP contribution in [0.4, 0.5) is 11.8 Å². The van der Waals surface area contributed by atoms with Gasteiger partial charge in [-0.15, -0.1) is 5.10 Å². The van der Waals surface area contributed by atoms with Gasteiger partial charge >= 0.3 is 0 Å². The topological polar surface area (TPSA) is 107 Å². The highest BCUT2D eigenvalue weighted by atomic mass is 15.3. The summed E-state index contributed by atoms with van der Waals surface area (Å²) < 4.78 is 1.68. The van der Waals surface area contributed by atoms with Crippen molar-refractivity contribution in [2.75, 3.05) is 11.1 Å². The molecule has 0 amide bonds. The van der Waals surface area contributed by atoms with E-state index in [1.54, 1.807) is 41.6 Å². The van der Waals surface area contributed by atoms with Gasteiger partial charge in [-0.25, -0.2) is 19.5 Å². The average molecular weight is 403 g/mol. The first-order valence-electron chi connectivity index (χ1n) is 10.3. The van der Waals surface area contributed by atoms with Crippen LogP contribution < -0.4 is 11.1 Å². The summed E-state index contributed by atoms with van der Waals surface area (Å²) in [6, 6.07) is 7.41. The summed E-state index contributed by atoms with van der Waals surface area (Å²) in [6.07, 6.45) is 17.7. The third-order valence-electron chi connectivity index (χ3n) is 5.00. The second-order valence-corrected chi connectivity index (χ2v) is 7.30. The molecule has 0 aromatic carbocycles. The molecule has 30 heavy (non-hydrogen) atoms. The standard InChI is InChI=1S/C16H14N8.C6H12/c17-14-3-4-15-19-10-13(24(15)23-14)12-8-21-16(22-9-12)20-7-11-2-1-5-18-6-11;1-2-4-6-5-3-1/h1-6,8-10H,7H2,(H2,17,23)(H,20,21,22);1-6H2. The zero-order valence-corrected chi connectivity index (χ0v) is 16.9. The average Bonchev–Trinajstić information content (AvgIpc) is 3.23. The van der Waals surface area contributed by atoms with Crippen molar-refractivity contribution in [3.05, 3.63) is 60.8 Å². The van der Waals surface area contributed by atoms with E-state index < -0.39 is 0 Å². The van der Waals surface area contributed by atoms with Gasteiger partial charge in [0.25, 0.3) is 0 Å². The molecule has 8 nitrogen and oxygen atoms in total. The first-order chi connectivity index (χ1) is 14.8. The highest BCUT2D eigenvalue weighted by Gasteiger charge is 2.08. The van der Waals surface area contributed by atoms with Gasteiger partial charge in [-0.1, -0.05) is 44.6 Å². The van der Waals surface area contributed by atoms with Crippen LogP contribution in [0.2, 0.25) is 0 Å². The molecule has 3 N–H and O–H groups in total. The zero-order chi connectivity index (χ0) is 20.6. The van der Waals surface area contributed by atoms with E-state index in [1.807, 2.05) is 18.2 Å². The van der Waals surface area contributed by atoms with Gasteiger partial charge < -0.3 is 11.1 Å². The van der Waals surface area contributed by atoms with Crippen molar-refractivity contribution < 1.29 is 0 Å². The number of nitrogens with two attached hydrogens (primary N) is 1. The Kier molecular flexibility index (Phi) is 6.44. The molecule has 4 aromatic rings. The third kappa shape index (κ3) is 5.08. The first-order valence-corrected chi connectivity index (χ1v) is 10.3. The Morgan fingerprint density at radius 2 is 1.60 bits per heavy atom. The summed E-state index contributed by atoms with van der Waals surface area (Å²) in [7, 11) is 0. The van der Waals surface area contributed by atoms with Gasteiger partial charge in [0.15, 0.2) is 5.65 Å². The normalized spacial score (nSPS) is 13.5. The van der Waals surface area contributed by atoms with Crippen molar-refractivity contribution in [2.24, 2.45) is 0 Å². The van der Waals surface area contributed by atoms with E-state index in [0.717, 1.165) is 22.5 Å². The minimum atomic E-state index is 0.428. The molecule has 0 unspecified atom stereocenters. The number of hydrogen-bond acceptors (Lipinski definition) is 7. The molecule has 5 rings (SSSR count). The van der Waals surface area contributed by atoms with Crippen molar-refractivity contribution in [3.63, 3.8) is 0 Å². The van der Waals surface area contributed by atoms with Gasteiger partial charge in [-0.3, -0.25) is 4.98 Å². The van der Waals surface area contributed by atoms with Crippen LogP contribution in [0.1, 0.15) is 44.1 Å². The molecule has 8 heteroatoms. The number of nitrogen functional groups attached to an aromatic ring is 1. The van der Waals surface area contributed by atoms with Crippen LogP contribution in [0.3, 0.4) is 0 Å². The van der Waals surface area contributed by atoms with Crippen LogP contribution in [0.25, 0.3) is 16.9 Å². The second kappa shape index (κ2) is 9.78. The Labute approximate surface area is 175 Å². The Balaban J connectivity index is 0.000000313. The monoisotopic (exact) mass is 402 g/mol. The lowest BCUT2D eigenvalue weighted by atomic mass is 10.0. The number of rotatable bonds is 4. The third-order valence-corrected chi connectivity index (χ3v) is 5.00. The number of hydrogen-bond donors (Lipinski definition) is 2. The van der Waals surface area contributed by atoms with Gasteiger partial charge in [-0.05, 0) is 23.8 Å². The summed E-state index contributed by atoms with van der Waals surface area (Å²) in [6.45, 7) is 0.612. The van der Waals surface area contributed by atoms with Gasteiger partial charge in [0.05, 0.1) is 11.9 Å². The Morgan fingerprint density at radius 3 is 2.27 bits per heavy atom. The van der Waals surface area contributed by atoms with Crippen molar-refractivity contribution >= 4 is 17.4 Å². The number of aromatic nitrogens is 6. The summed E-state index contributed by atoms with van der Waals surface area (Å²) in [5, 5.41) is 7.42. The number of nitrogens with one attached hydrogen (secondary N) is 1. The highest BCUT2D eigenvalue weighted by molar-refractivity contribution is 5.62. The van der Waals surface area contributed by atoms with Crippen molar-refractivity contribution in [3.8, 4) is 11.3 Å². The number of anilines is 2. The SMILES string of the molecule is C1CCCCC1.Nc1ccc2ncc(-c3cnc(NCc4cccnc4)nc3)n2n1. The first kappa shape index (κ1) is 19.8. The summed E-state index contributed by atoms with van der Waals surface area (Å²) in [5.41, 5.74) is 9.13. The number of nitrogens with zero attached hydrogens (tertiary/aromatic N) is 6. The molecule has 0 saturated heterocycles. The lowest BCUT2D eigenvalue weighted by Gasteiger charge is -2.05. The maximum atomic E-state index is 5.74. The molecule has 1 aliphatic rings. The molecule has 0 bridgehead atoms. The summed E-state index contributed by atoms with van der Waals surface area (Å²) >= 11 is 0. The number of imidazole rings is 1. The predicted octanol–water partition coefficient (Wildman–Crippen LogP) is 4.12. The van der Waals surface area contributed by atoms with E-state index in [0.29, 0.717) is 18.3 Å². The summed E-state index contributed by atoms with van der Waals surface area (Å²) in [5.74, 6) is 0.973. The highest BCUT2D eigenvalue weighted by Crippen LogP contribution is 2.19. The lowest BCUT2D eigenvalue weighted by molar-refractivity contribution is 0.504. The van der Waals surface area contributed by atoms with Crippen LogP contribution in [-0.2, 0) is 6.54 Å². The second-order valence-electron chi connectivity index (χ2n) is 7.30. The number of fused-ring (bicyclic) bond motifs is 1. The fraction of sp³-hybridized carbons (Fsp3) is 0.318. The molecule has 4 aromatic heterocycles. The Bertz CT molecular complexity index is 1040. The van der Waals surface area contributed by atoms with Gasteiger partial charge in [0.1, 0.15) is 5.82 Å². The van der Waals surface area contributed by atoms with Crippen LogP contribution in [0.5, 0.6) is 0 Å². The van der Waals surface area contributed by atoms with E-state index in [9.17, 15) is 0 Å². The van der Waals surface area contributed by atoms with Crippen LogP contribution in [0.15, 0.2) is 55.2 Å². The van der Waals surface area contributed by atoms with Crippen molar-refractivity contribution in [2.45, 2.75) is 45.1 Å². The van der Waals surface area contributed by atoms with E-state index in [1.165, 1.54) is 38.5 Å². The number of pyridine rings is 1. The molecule has 4 heterocycles. The van der Waals surface area contributed by atoms with E-state index in [2.05, 4.69) is 30.4 Å². The van der Waals surface area contributed by atoms with E-state index in [-0.39, 0.29) is 0 Å². The van der Waals surface area contributed by atoms with Crippen LogP contribution in [0, 0.1) is 0 Å². The smallest absolute Gasteiger partial charge is 0.222 e. The molecule has 0 radical (unpaired) electrons. The maximum absolute atomic E-state index is 5.74. The van der Waals surface area contributed by atoms with Gasteiger partial charge in [0.2, 0.25) is 5.95 Å². The predicted molar refractivity (Wildman–Crippen MR) is 118 cm³/mol. The molecular weight excluding hydrogens is 376 g/mol. The Hall–Kier alpha value is -3.55. The van der Waals surface area contributed by atoms with E-state index >= 15 is 0 Å². The Morgan fingerprint density at radius 1 is 0.867 bits per heavy atom. The zero-order valence-electron chi connectivity index (χ0n) is 16.9. The molecule has 0 aliphatic heterocycles. The molecule has 1 aliphatic carbocycles. The van der Waals surface area contributed by atoms with Crippen LogP contribution in [-0.4, -0.2) is 29.5 Å². The largest absolute Gasteiger partial charge is 0.382 e. The van der Waals surface area contributed by atoms with Gasteiger partial charge in [0, 0.05) is 36.9 Å². The molecule has 154 valence electrons. The quantitative estimate of drug-likeness (QED) is 0.529. The molecule has 1 fully saturated rings. The van der Waals surface area contributed by atoms with E-state index in [4.69, 9.17) is 5.73 Å². The maximum Gasteiger partial charge on any atom is 0.222 e. The molecular formula is C22H26N8. The van der Waals surface area contributed by atoms with Crippen molar-refractivity contribution in [1.29, 1.82) is 0 Å². The fourth-order valence-electron chi connectivity index (χ4n) is 3.38. The minimum absolute atomic E-state index is 0.428. The summed E-state index contributed by atoms with van der Waals surface area (Å²) in [4.78, 5) is 17.0. The molecule has 0 atom stereocenters. The van der Waals surface area contributed by atoms with Crippen LogP contribution >= 0.6 is 0 Å². The van der Waals surface area contributed by atoms with Gasteiger partial charge in [-0.2, -0.15) is 0 Å². The van der Waals surface area contributed by atoms with Crippen molar-refractivity contribution in [1.82, 2.24) is 29.5 Å². The fourth-order valence-corrected chi connectivity index (χ4v) is 3.38. The minimum Gasteiger partial charge on any atom is -0.382 e.